The van der Waals surface area contributed by atoms with E-state index in [-0.39, 0.29) is 26.4 Å². The number of nitrogens with zero attached hydrogens (tertiary/aromatic N) is 2. The average Bonchev–Trinajstić information content (AvgIpc) is 2.66. The van der Waals surface area contributed by atoms with E-state index in [9.17, 15) is 13.2 Å². The van der Waals surface area contributed by atoms with Crippen LogP contribution in [0.2, 0.25) is 10.0 Å². The van der Waals surface area contributed by atoms with Gasteiger partial charge in [-0.25, -0.2) is 8.42 Å². The van der Waals surface area contributed by atoms with Gasteiger partial charge >= 0.3 is 0 Å². The molecule has 1 amide bonds. The van der Waals surface area contributed by atoms with Crippen LogP contribution < -0.4 is 5.32 Å². The van der Waals surface area contributed by atoms with Crippen molar-refractivity contribution in [3.8, 4) is 0 Å². The number of carbonyl (C=O) groups is 1. The van der Waals surface area contributed by atoms with E-state index in [1.807, 2.05) is 4.90 Å². The first-order chi connectivity index (χ1) is 14.7. The lowest BCUT2D eigenvalue weighted by molar-refractivity contribution is -0.128. The largest absolute Gasteiger partial charge is 0.350 e. The Balaban J connectivity index is 1.17. The molecule has 170 valence electrons. The van der Waals surface area contributed by atoms with E-state index in [0.717, 1.165) is 37.0 Å². The molecule has 6 nitrogen and oxygen atoms in total. The highest BCUT2D eigenvalue weighted by Crippen LogP contribution is 2.55. The van der Waals surface area contributed by atoms with Gasteiger partial charge in [-0.1, -0.05) is 29.3 Å². The lowest BCUT2D eigenvalue weighted by atomic mass is 9.53. The van der Waals surface area contributed by atoms with Crippen molar-refractivity contribution in [1.82, 2.24) is 14.5 Å². The lowest BCUT2D eigenvalue weighted by Crippen LogP contribution is -2.61. The van der Waals surface area contributed by atoms with Crippen LogP contribution in [0.5, 0.6) is 0 Å². The second-order valence-electron chi connectivity index (χ2n) is 9.98. The number of amides is 1. The molecular formula is C22H29Cl2N3O3S. The predicted octanol–water partition coefficient (Wildman–Crippen LogP) is 3.38. The Bertz CT molecular complexity index is 921. The number of piperazine rings is 1. The zero-order valence-electron chi connectivity index (χ0n) is 17.5. The van der Waals surface area contributed by atoms with Gasteiger partial charge in [0.2, 0.25) is 15.9 Å². The van der Waals surface area contributed by atoms with Crippen molar-refractivity contribution in [1.29, 1.82) is 0 Å². The molecule has 0 unspecified atom stereocenters. The third kappa shape index (κ3) is 4.24. The van der Waals surface area contributed by atoms with Gasteiger partial charge in [-0.05, 0) is 68.4 Å². The third-order valence-electron chi connectivity index (χ3n) is 7.66. The molecule has 1 saturated heterocycles. The van der Waals surface area contributed by atoms with Gasteiger partial charge in [0, 0.05) is 31.7 Å². The van der Waals surface area contributed by atoms with Gasteiger partial charge < -0.3 is 5.32 Å². The Morgan fingerprint density at radius 1 is 0.968 bits per heavy atom. The molecule has 31 heavy (non-hydrogen) atoms. The van der Waals surface area contributed by atoms with Crippen molar-refractivity contribution in [2.24, 2.45) is 17.8 Å². The smallest absolute Gasteiger partial charge is 0.246 e. The maximum Gasteiger partial charge on any atom is 0.246 e. The number of hydrogen-bond acceptors (Lipinski definition) is 4. The lowest BCUT2D eigenvalue weighted by Gasteiger charge is -2.57. The maximum atomic E-state index is 13.0. The van der Waals surface area contributed by atoms with E-state index in [4.69, 9.17) is 23.2 Å². The molecule has 4 bridgehead atoms. The van der Waals surface area contributed by atoms with Crippen molar-refractivity contribution in [2.45, 2.75) is 49.0 Å². The van der Waals surface area contributed by atoms with Crippen molar-refractivity contribution in [3.63, 3.8) is 0 Å². The van der Waals surface area contributed by atoms with Crippen molar-refractivity contribution in [3.05, 3.63) is 28.2 Å². The van der Waals surface area contributed by atoms with Gasteiger partial charge in [0.15, 0.2) is 0 Å². The minimum Gasteiger partial charge on any atom is -0.350 e. The summed E-state index contributed by atoms with van der Waals surface area (Å²) in [5.74, 6) is 2.44. The minimum absolute atomic E-state index is 0.0117. The number of hydrogen-bond donors (Lipinski definition) is 1. The molecule has 1 N–H and O–H groups in total. The highest BCUT2D eigenvalue weighted by molar-refractivity contribution is 7.89. The van der Waals surface area contributed by atoms with Crippen molar-refractivity contribution >= 4 is 39.1 Å². The highest BCUT2D eigenvalue weighted by Gasteiger charge is 2.51. The molecule has 4 saturated carbocycles. The zero-order chi connectivity index (χ0) is 21.8. The Hall–Kier alpha value is -0.860. The molecule has 1 aromatic carbocycles. The second-order valence-corrected chi connectivity index (χ2v) is 12.7. The first kappa shape index (κ1) is 22.0. The fraction of sp³-hybridized carbons (Fsp3) is 0.682. The molecule has 1 heterocycles. The molecular weight excluding hydrogens is 457 g/mol. The van der Waals surface area contributed by atoms with Crippen LogP contribution in [-0.4, -0.2) is 61.8 Å². The molecule has 4 aliphatic carbocycles. The van der Waals surface area contributed by atoms with Crippen LogP contribution in [0.1, 0.15) is 38.5 Å². The van der Waals surface area contributed by atoms with Gasteiger partial charge in [-0.2, -0.15) is 4.31 Å². The average molecular weight is 486 g/mol. The highest BCUT2D eigenvalue weighted by atomic mass is 35.5. The molecule has 1 aromatic rings. The molecule has 5 aliphatic rings. The summed E-state index contributed by atoms with van der Waals surface area (Å²) in [4.78, 5) is 14.9. The summed E-state index contributed by atoms with van der Waals surface area (Å²) in [5.41, 5.74) is 0.0117. The molecule has 1 aliphatic heterocycles. The summed E-state index contributed by atoms with van der Waals surface area (Å²) < 4.78 is 27.5. The Kier molecular flexibility index (Phi) is 5.79. The summed E-state index contributed by atoms with van der Waals surface area (Å²) in [5, 5.41) is 3.67. The molecule has 6 rings (SSSR count). The standard InChI is InChI=1S/C22H29Cl2N3O3S/c23-18-2-1-3-19(24)21(18)31(29,30)27-6-4-26(5-7-27)14-20(28)25-22-11-15-8-16(12-22)10-17(9-15)13-22/h1-3,15-17H,4-14H2,(H,25,28). The normalized spacial score (nSPS) is 33.5. The number of nitrogens with one attached hydrogen (secondary N) is 1. The van der Waals surface area contributed by atoms with Crippen LogP contribution in [0.3, 0.4) is 0 Å². The molecule has 0 radical (unpaired) electrons. The quantitative estimate of drug-likeness (QED) is 0.693. The number of benzene rings is 1. The van der Waals surface area contributed by atoms with Crippen LogP contribution in [-0.2, 0) is 14.8 Å². The summed E-state index contributed by atoms with van der Waals surface area (Å²) in [7, 11) is -3.77. The molecule has 5 fully saturated rings. The first-order valence-electron chi connectivity index (χ1n) is 11.2. The van der Waals surface area contributed by atoms with Gasteiger partial charge in [0.1, 0.15) is 4.90 Å². The van der Waals surface area contributed by atoms with Crippen LogP contribution >= 0.6 is 23.2 Å². The van der Waals surface area contributed by atoms with E-state index in [2.05, 4.69) is 5.32 Å². The van der Waals surface area contributed by atoms with Crippen molar-refractivity contribution in [2.75, 3.05) is 32.7 Å². The van der Waals surface area contributed by atoms with Crippen LogP contribution in [0.15, 0.2) is 23.1 Å². The van der Waals surface area contributed by atoms with E-state index >= 15 is 0 Å². The predicted molar refractivity (Wildman–Crippen MR) is 121 cm³/mol. The van der Waals surface area contributed by atoms with Crippen molar-refractivity contribution < 1.29 is 13.2 Å². The van der Waals surface area contributed by atoms with Gasteiger partial charge in [-0.15, -0.1) is 0 Å². The fourth-order valence-electron chi connectivity index (χ4n) is 6.79. The maximum absolute atomic E-state index is 13.0. The number of rotatable bonds is 5. The van der Waals surface area contributed by atoms with Crippen LogP contribution in [0.25, 0.3) is 0 Å². The minimum atomic E-state index is -3.77. The SMILES string of the molecule is O=C(CN1CCN(S(=O)(=O)c2c(Cl)cccc2Cl)CC1)NC12CC3CC(CC(C3)C1)C2. The zero-order valence-corrected chi connectivity index (χ0v) is 19.9. The Morgan fingerprint density at radius 3 is 2.00 bits per heavy atom. The Morgan fingerprint density at radius 2 is 1.48 bits per heavy atom. The van der Waals surface area contributed by atoms with Gasteiger partial charge in [0.05, 0.1) is 16.6 Å². The van der Waals surface area contributed by atoms with E-state index in [1.54, 1.807) is 6.07 Å². The molecule has 0 spiro atoms. The summed E-state index contributed by atoms with van der Waals surface area (Å²) in [6.45, 7) is 1.97. The number of carbonyl (C=O) groups excluding carboxylic acids is 1. The molecule has 9 heteroatoms. The second kappa shape index (κ2) is 8.17. The van der Waals surface area contributed by atoms with Crippen LogP contribution in [0, 0.1) is 17.8 Å². The fourth-order valence-corrected chi connectivity index (χ4v) is 9.30. The molecule has 0 aromatic heterocycles. The summed E-state index contributed by atoms with van der Waals surface area (Å²) in [6, 6.07) is 4.70. The van der Waals surface area contributed by atoms with Crippen LogP contribution in [0.4, 0.5) is 0 Å². The van der Waals surface area contributed by atoms with Gasteiger partial charge in [-0.3, -0.25) is 9.69 Å². The summed E-state index contributed by atoms with van der Waals surface area (Å²) in [6.07, 6.45) is 7.45. The summed E-state index contributed by atoms with van der Waals surface area (Å²) >= 11 is 12.2. The first-order valence-corrected chi connectivity index (χ1v) is 13.4. The van der Waals surface area contributed by atoms with Gasteiger partial charge in [0.25, 0.3) is 0 Å². The number of sulfonamides is 1. The monoisotopic (exact) mass is 485 g/mol. The van der Waals surface area contributed by atoms with E-state index in [1.165, 1.54) is 35.7 Å². The Labute approximate surface area is 194 Å². The molecule has 0 atom stereocenters. The van der Waals surface area contributed by atoms with E-state index < -0.39 is 10.0 Å². The number of halogens is 2. The van der Waals surface area contributed by atoms with E-state index in [0.29, 0.717) is 32.7 Å². The third-order valence-corrected chi connectivity index (χ3v) is 10.5. The topological polar surface area (TPSA) is 69.7 Å².